The second-order valence-corrected chi connectivity index (χ2v) is 5.71. The van der Waals surface area contributed by atoms with Gasteiger partial charge in [-0.1, -0.05) is 0 Å². The summed E-state index contributed by atoms with van der Waals surface area (Å²) in [6, 6.07) is 0. The highest BCUT2D eigenvalue weighted by Crippen LogP contribution is 2.06. The van der Waals surface area contributed by atoms with Gasteiger partial charge in [0.25, 0.3) is 6.43 Å². The van der Waals surface area contributed by atoms with Crippen LogP contribution in [0.3, 0.4) is 0 Å². The number of ether oxygens (including phenoxy) is 1. The van der Waals surface area contributed by atoms with Gasteiger partial charge in [-0.05, 0) is 13.0 Å². The van der Waals surface area contributed by atoms with E-state index in [4.69, 9.17) is 5.73 Å². The fourth-order valence-electron chi connectivity index (χ4n) is 1.36. The van der Waals surface area contributed by atoms with Gasteiger partial charge in [-0.25, -0.2) is 21.9 Å². The van der Waals surface area contributed by atoms with Gasteiger partial charge in [-0.2, -0.15) is 5.10 Å². The molecular weight excluding hydrogens is 294 g/mol. The smallest absolute Gasteiger partial charge is 0.261 e. The Balaban J connectivity index is 2.41. The minimum Gasteiger partial charge on any atom is -0.374 e. The lowest BCUT2D eigenvalue weighted by Gasteiger charge is -2.05. The third-order valence-electron chi connectivity index (χ3n) is 2.29. The molecule has 0 spiro atoms. The van der Waals surface area contributed by atoms with Crippen LogP contribution in [0.1, 0.15) is 6.42 Å². The lowest BCUT2D eigenvalue weighted by atomic mass is 10.4. The number of aryl methyl sites for hydroxylation is 1. The number of nitrogens with two attached hydrogens (primary N) is 1. The van der Waals surface area contributed by atoms with E-state index in [0.29, 0.717) is 19.5 Å². The van der Waals surface area contributed by atoms with E-state index >= 15 is 0 Å². The number of nitrogens with one attached hydrogen (secondary N) is 1. The number of hydrogen-bond acceptors (Lipinski definition) is 5. The van der Waals surface area contributed by atoms with Gasteiger partial charge in [-0.3, -0.25) is 4.68 Å². The van der Waals surface area contributed by atoms with E-state index in [1.807, 2.05) is 0 Å². The van der Waals surface area contributed by atoms with Crippen molar-refractivity contribution in [2.24, 2.45) is 5.73 Å². The van der Waals surface area contributed by atoms with E-state index in [9.17, 15) is 17.2 Å². The van der Waals surface area contributed by atoms with Gasteiger partial charge in [0.2, 0.25) is 10.0 Å². The molecule has 0 aliphatic carbocycles. The lowest BCUT2D eigenvalue weighted by Crippen LogP contribution is -2.27. The van der Waals surface area contributed by atoms with Crippen molar-refractivity contribution in [3.8, 4) is 0 Å². The zero-order chi connectivity index (χ0) is 15.0. The first-order valence-electron chi connectivity index (χ1n) is 6.04. The van der Waals surface area contributed by atoms with Crippen LogP contribution in [-0.4, -0.2) is 50.9 Å². The molecule has 0 aromatic carbocycles. The maximum Gasteiger partial charge on any atom is 0.261 e. The summed E-state index contributed by atoms with van der Waals surface area (Å²) in [5, 5.41) is 3.90. The van der Waals surface area contributed by atoms with Crippen molar-refractivity contribution < 1.29 is 21.9 Å². The van der Waals surface area contributed by atoms with Gasteiger partial charge in [0.15, 0.2) is 0 Å². The van der Waals surface area contributed by atoms with E-state index in [0.717, 1.165) is 0 Å². The third kappa shape index (κ3) is 5.90. The summed E-state index contributed by atoms with van der Waals surface area (Å²) in [6.45, 7) is 0.109. The Morgan fingerprint density at radius 1 is 1.50 bits per heavy atom. The molecule has 0 saturated heterocycles. The summed E-state index contributed by atoms with van der Waals surface area (Å²) >= 11 is 0. The standard InChI is InChI=1S/C10H18F2N4O3S/c11-10(12)8-19-5-3-15-20(17,18)9-6-14-16(7-9)4-1-2-13/h6-7,10,15H,1-5,8,13H2. The molecule has 10 heteroatoms. The third-order valence-corrected chi connectivity index (χ3v) is 3.71. The van der Waals surface area contributed by atoms with Crippen LogP contribution in [0.25, 0.3) is 0 Å². The highest BCUT2D eigenvalue weighted by atomic mass is 32.2. The van der Waals surface area contributed by atoms with Crippen LogP contribution in [0.4, 0.5) is 8.78 Å². The highest BCUT2D eigenvalue weighted by molar-refractivity contribution is 7.89. The topological polar surface area (TPSA) is 99.2 Å². The van der Waals surface area contributed by atoms with Crippen molar-refractivity contribution in [3.05, 3.63) is 12.4 Å². The molecule has 1 rings (SSSR count). The minimum atomic E-state index is -3.70. The van der Waals surface area contributed by atoms with Crippen LogP contribution >= 0.6 is 0 Å². The van der Waals surface area contributed by atoms with Crippen molar-refractivity contribution in [1.82, 2.24) is 14.5 Å². The number of sulfonamides is 1. The quantitative estimate of drug-likeness (QED) is 0.583. The van der Waals surface area contributed by atoms with E-state index in [-0.39, 0.29) is 18.0 Å². The number of rotatable bonds is 10. The molecule has 0 aliphatic rings. The van der Waals surface area contributed by atoms with E-state index in [1.54, 1.807) is 0 Å². The number of halogens is 2. The Bertz CT molecular complexity index is 492. The molecule has 0 saturated carbocycles. The van der Waals surface area contributed by atoms with Crippen LogP contribution < -0.4 is 10.5 Å². The maximum absolute atomic E-state index is 11.8. The zero-order valence-electron chi connectivity index (χ0n) is 10.8. The SMILES string of the molecule is NCCCn1cc(S(=O)(=O)NCCOCC(F)F)cn1. The minimum absolute atomic E-state index is 0.0170. The number of alkyl halides is 2. The van der Waals surface area contributed by atoms with Crippen molar-refractivity contribution >= 4 is 10.0 Å². The normalized spacial score (nSPS) is 12.2. The van der Waals surface area contributed by atoms with E-state index < -0.39 is 23.1 Å². The Morgan fingerprint density at radius 3 is 2.90 bits per heavy atom. The van der Waals surface area contributed by atoms with Crippen molar-refractivity contribution in [2.45, 2.75) is 24.3 Å². The second kappa shape index (κ2) is 8.25. The molecule has 0 unspecified atom stereocenters. The Morgan fingerprint density at radius 2 is 2.25 bits per heavy atom. The Kier molecular flexibility index (Phi) is 6.99. The summed E-state index contributed by atoms with van der Waals surface area (Å²) in [6.07, 6.45) is 0.736. The van der Waals surface area contributed by atoms with Crippen LogP contribution in [0, 0.1) is 0 Å². The molecule has 0 amide bonds. The summed E-state index contributed by atoms with van der Waals surface area (Å²) in [5.41, 5.74) is 5.35. The average molecular weight is 312 g/mol. The van der Waals surface area contributed by atoms with Crippen molar-refractivity contribution in [2.75, 3.05) is 26.3 Å². The van der Waals surface area contributed by atoms with Crippen LogP contribution in [0.15, 0.2) is 17.3 Å². The van der Waals surface area contributed by atoms with Gasteiger partial charge in [0.05, 0.1) is 12.8 Å². The fourth-order valence-corrected chi connectivity index (χ4v) is 2.33. The molecule has 116 valence electrons. The first-order valence-corrected chi connectivity index (χ1v) is 7.52. The fraction of sp³-hybridized carbons (Fsp3) is 0.700. The van der Waals surface area contributed by atoms with Crippen molar-refractivity contribution in [3.63, 3.8) is 0 Å². The van der Waals surface area contributed by atoms with E-state index in [1.165, 1.54) is 17.1 Å². The Labute approximate surface area is 116 Å². The van der Waals surface area contributed by atoms with Crippen LogP contribution in [0.5, 0.6) is 0 Å². The first-order chi connectivity index (χ1) is 9.45. The maximum atomic E-state index is 11.8. The summed E-state index contributed by atoms with van der Waals surface area (Å²) < 4.78 is 55.5. The zero-order valence-corrected chi connectivity index (χ0v) is 11.7. The molecule has 3 N–H and O–H groups in total. The molecule has 1 aromatic heterocycles. The number of aromatic nitrogens is 2. The predicted molar refractivity (Wildman–Crippen MR) is 67.9 cm³/mol. The lowest BCUT2D eigenvalue weighted by molar-refractivity contribution is 0.0199. The predicted octanol–water partition coefficient (Wildman–Crippen LogP) is -0.208. The monoisotopic (exact) mass is 312 g/mol. The summed E-state index contributed by atoms with van der Waals surface area (Å²) in [7, 11) is -3.70. The summed E-state index contributed by atoms with van der Waals surface area (Å²) in [5.74, 6) is 0. The van der Waals surface area contributed by atoms with E-state index in [2.05, 4.69) is 14.6 Å². The highest BCUT2D eigenvalue weighted by Gasteiger charge is 2.15. The van der Waals surface area contributed by atoms with Gasteiger partial charge in [0.1, 0.15) is 11.5 Å². The van der Waals surface area contributed by atoms with Gasteiger partial charge >= 0.3 is 0 Å². The van der Waals surface area contributed by atoms with Crippen LogP contribution in [-0.2, 0) is 21.3 Å². The molecular formula is C10H18F2N4O3S. The number of hydrogen-bond donors (Lipinski definition) is 2. The molecule has 20 heavy (non-hydrogen) atoms. The van der Waals surface area contributed by atoms with Crippen LogP contribution in [0.2, 0.25) is 0 Å². The van der Waals surface area contributed by atoms with Crippen molar-refractivity contribution in [1.29, 1.82) is 0 Å². The molecule has 0 fully saturated rings. The van der Waals surface area contributed by atoms with Gasteiger partial charge < -0.3 is 10.5 Å². The second-order valence-electron chi connectivity index (χ2n) is 3.95. The van der Waals surface area contributed by atoms with Gasteiger partial charge in [-0.15, -0.1) is 0 Å². The summed E-state index contributed by atoms with van der Waals surface area (Å²) in [4.78, 5) is 0.0170. The average Bonchev–Trinajstić information content (AvgIpc) is 2.85. The largest absolute Gasteiger partial charge is 0.374 e. The molecule has 0 bridgehead atoms. The molecule has 1 heterocycles. The van der Waals surface area contributed by atoms with Gasteiger partial charge in [0, 0.05) is 19.3 Å². The first kappa shape index (κ1) is 17.0. The molecule has 7 nitrogen and oxygen atoms in total. The number of nitrogens with zero attached hydrogens (tertiary/aromatic N) is 2. The molecule has 0 radical (unpaired) electrons. The molecule has 1 aromatic rings. The molecule has 0 atom stereocenters. The Hall–Kier alpha value is -1.10. The molecule has 0 aliphatic heterocycles.